The van der Waals surface area contributed by atoms with E-state index < -0.39 is 6.17 Å². The van der Waals surface area contributed by atoms with Gasteiger partial charge in [0.1, 0.15) is 6.17 Å². The molecule has 10 heavy (non-hydrogen) atoms. The van der Waals surface area contributed by atoms with Gasteiger partial charge < -0.3 is 0 Å². The number of hydrogen-bond acceptors (Lipinski definition) is 0. The van der Waals surface area contributed by atoms with Crippen molar-refractivity contribution >= 4 is 0 Å². The molecule has 0 saturated heterocycles. The van der Waals surface area contributed by atoms with Gasteiger partial charge in [-0.15, -0.1) is 0 Å². The van der Waals surface area contributed by atoms with Gasteiger partial charge in [-0.05, 0) is 37.5 Å². The van der Waals surface area contributed by atoms with Crippen molar-refractivity contribution in [1.82, 2.24) is 0 Å². The zero-order valence-corrected chi connectivity index (χ0v) is 6.94. The molecular formula is C9H17F. The summed E-state index contributed by atoms with van der Waals surface area (Å²) in [6.45, 7) is 4.39. The van der Waals surface area contributed by atoms with Gasteiger partial charge in [0.15, 0.2) is 0 Å². The van der Waals surface area contributed by atoms with Crippen LogP contribution in [0.2, 0.25) is 0 Å². The van der Waals surface area contributed by atoms with E-state index in [4.69, 9.17) is 0 Å². The average Bonchev–Trinajstić information content (AvgIpc) is 1.93. The second-order valence-corrected chi connectivity index (χ2v) is 3.86. The van der Waals surface area contributed by atoms with Crippen LogP contribution in [0.5, 0.6) is 0 Å². The maximum Gasteiger partial charge on any atom is 0.100 e. The first-order valence-corrected chi connectivity index (χ1v) is 4.32. The van der Waals surface area contributed by atoms with E-state index in [1.54, 1.807) is 0 Å². The molecule has 1 rings (SSSR count). The summed E-state index contributed by atoms with van der Waals surface area (Å²) in [5.41, 5.74) is 0. The lowest BCUT2D eigenvalue weighted by molar-refractivity contribution is 0.275. The van der Waals surface area contributed by atoms with Gasteiger partial charge in [-0.2, -0.15) is 0 Å². The number of hydrogen-bond donors (Lipinski definition) is 0. The normalized spacial score (nSPS) is 42.9. The highest BCUT2D eigenvalue weighted by Gasteiger charge is 2.19. The molecule has 60 valence electrons. The molecule has 0 bridgehead atoms. The molecular weight excluding hydrogens is 127 g/mol. The van der Waals surface area contributed by atoms with Gasteiger partial charge in [-0.1, -0.05) is 13.8 Å². The molecule has 0 N–H and O–H groups in total. The van der Waals surface area contributed by atoms with E-state index in [9.17, 15) is 4.39 Å². The third kappa shape index (κ3) is 2.28. The fraction of sp³-hybridized carbons (Fsp3) is 1.00. The Labute approximate surface area is 62.8 Å². The molecule has 1 fully saturated rings. The first kappa shape index (κ1) is 8.03. The number of alkyl halides is 1. The van der Waals surface area contributed by atoms with Gasteiger partial charge in [0.2, 0.25) is 0 Å². The third-order valence-electron chi connectivity index (χ3n) is 2.44. The van der Waals surface area contributed by atoms with Crippen molar-refractivity contribution in [3.8, 4) is 0 Å². The molecule has 1 heteroatoms. The Hall–Kier alpha value is -0.0700. The lowest BCUT2D eigenvalue weighted by Gasteiger charge is -2.10. The van der Waals surface area contributed by atoms with Gasteiger partial charge in [-0.25, -0.2) is 4.39 Å². The van der Waals surface area contributed by atoms with Gasteiger partial charge >= 0.3 is 0 Å². The molecule has 1 saturated carbocycles. The van der Waals surface area contributed by atoms with Crippen LogP contribution >= 0.6 is 0 Å². The molecule has 0 aliphatic heterocycles. The molecule has 0 radical (unpaired) electrons. The molecule has 1 aliphatic carbocycles. The van der Waals surface area contributed by atoms with Crippen LogP contribution in [-0.2, 0) is 0 Å². The Morgan fingerprint density at radius 3 is 2.40 bits per heavy atom. The Balaban J connectivity index is 2.38. The van der Waals surface area contributed by atoms with Crippen molar-refractivity contribution in [2.75, 3.05) is 0 Å². The van der Waals surface area contributed by atoms with Gasteiger partial charge in [-0.3, -0.25) is 0 Å². The van der Waals surface area contributed by atoms with Crippen molar-refractivity contribution < 1.29 is 4.39 Å². The zero-order chi connectivity index (χ0) is 7.56. The lowest BCUT2D eigenvalue weighted by Crippen LogP contribution is -2.02. The summed E-state index contributed by atoms with van der Waals surface area (Å²) in [7, 11) is 0. The smallest absolute Gasteiger partial charge is 0.100 e. The highest BCUT2D eigenvalue weighted by atomic mass is 19.1. The average molecular weight is 144 g/mol. The van der Waals surface area contributed by atoms with Crippen molar-refractivity contribution in [2.45, 2.75) is 45.7 Å². The van der Waals surface area contributed by atoms with E-state index >= 15 is 0 Å². The van der Waals surface area contributed by atoms with E-state index in [2.05, 4.69) is 13.8 Å². The summed E-state index contributed by atoms with van der Waals surface area (Å²) in [6, 6.07) is 0. The lowest BCUT2D eigenvalue weighted by atomic mass is 9.96. The Bertz CT molecular complexity index is 88.9. The minimum Gasteiger partial charge on any atom is -0.247 e. The van der Waals surface area contributed by atoms with Gasteiger partial charge in [0, 0.05) is 0 Å². The molecule has 0 aromatic heterocycles. The molecule has 3 atom stereocenters. The van der Waals surface area contributed by atoms with E-state index in [0.29, 0.717) is 5.92 Å². The first-order chi connectivity index (χ1) is 4.68. The number of rotatable bonds is 0. The molecule has 0 nitrogen and oxygen atoms in total. The Morgan fingerprint density at radius 1 is 1.00 bits per heavy atom. The van der Waals surface area contributed by atoms with E-state index in [-0.39, 0.29) is 0 Å². The summed E-state index contributed by atoms with van der Waals surface area (Å²) in [6.07, 6.45) is 3.39. The predicted octanol–water partition coefficient (Wildman–Crippen LogP) is 3.17. The summed E-state index contributed by atoms with van der Waals surface area (Å²) in [5, 5.41) is 0. The van der Waals surface area contributed by atoms with Crippen LogP contribution in [0, 0.1) is 11.8 Å². The monoisotopic (exact) mass is 144 g/mol. The molecule has 0 heterocycles. The fourth-order valence-electron chi connectivity index (χ4n) is 1.92. The minimum atomic E-state index is -0.514. The second kappa shape index (κ2) is 3.36. The van der Waals surface area contributed by atoms with Crippen molar-refractivity contribution in [1.29, 1.82) is 0 Å². The van der Waals surface area contributed by atoms with E-state index in [1.165, 1.54) is 6.42 Å². The van der Waals surface area contributed by atoms with Crippen LogP contribution in [0.3, 0.4) is 0 Å². The van der Waals surface area contributed by atoms with Crippen LogP contribution < -0.4 is 0 Å². The SMILES string of the molecule is CC1CC[C@H](F)CC(C)C1. The van der Waals surface area contributed by atoms with Crippen molar-refractivity contribution in [2.24, 2.45) is 11.8 Å². The van der Waals surface area contributed by atoms with Crippen LogP contribution in [0.25, 0.3) is 0 Å². The van der Waals surface area contributed by atoms with Gasteiger partial charge in [0.25, 0.3) is 0 Å². The maximum absolute atomic E-state index is 12.9. The topological polar surface area (TPSA) is 0 Å². The van der Waals surface area contributed by atoms with E-state index in [0.717, 1.165) is 25.2 Å². The van der Waals surface area contributed by atoms with Crippen LogP contribution in [-0.4, -0.2) is 6.17 Å². The zero-order valence-electron chi connectivity index (χ0n) is 6.94. The Morgan fingerprint density at radius 2 is 1.70 bits per heavy atom. The first-order valence-electron chi connectivity index (χ1n) is 4.32. The standard InChI is InChI=1S/C9H17F/c1-7-3-4-9(10)6-8(2)5-7/h7-9H,3-6H2,1-2H3/t7?,8?,9-/m0/s1. The maximum atomic E-state index is 12.9. The minimum absolute atomic E-state index is 0.514. The predicted molar refractivity (Wildman–Crippen MR) is 41.7 cm³/mol. The quantitative estimate of drug-likeness (QED) is 0.458. The molecule has 0 aromatic rings. The molecule has 2 unspecified atom stereocenters. The molecule has 0 aromatic carbocycles. The highest BCUT2D eigenvalue weighted by molar-refractivity contribution is 4.71. The third-order valence-corrected chi connectivity index (χ3v) is 2.44. The molecule has 0 spiro atoms. The molecule has 0 amide bonds. The van der Waals surface area contributed by atoms with Crippen LogP contribution in [0.15, 0.2) is 0 Å². The summed E-state index contributed by atoms with van der Waals surface area (Å²) >= 11 is 0. The van der Waals surface area contributed by atoms with Crippen LogP contribution in [0.1, 0.15) is 39.5 Å². The van der Waals surface area contributed by atoms with Crippen molar-refractivity contribution in [3.05, 3.63) is 0 Å². The highest BCUT2D eigenvalue weighted by Crippen LogP contribution is 2.28. The summed E-state index contributed by atoms with van der Waals surface area (Å²) in [4.78, 5) is 0. The van der Waals surface area contributed by atoms with Crippen LogP contribution in [0.4, 0.5) is 4.39 Å². The largest absolute Gasteiger partial charge is 0.247 e. The summed E-state index contributed by atoms with van der Waals surface area (Å²) < 4.78 is 12.9. The van der Waals surface area contributed by atoms with E-state index in [1.807, 2.05) is 0 Å². The number of halogens is 1. The fourth-order valence-corrected chi connectivity index (χ4v) is 1.92. The summed E-state index contributed by atoms with van der Waals surface area (Å²) in [5.74, 6) is 1.35. The Kier molecular flexibility index (Phi) is 2.70. The second-order valence-electron chi connectivity index (χ2n) is 3.86. The van der Waals surface area contributed by atoms with Gasteiger partial charge in [0.05, 0.1) is 0 Å². The van der Waals surface area contributed by atoms with Crippen molar-refractivity contribution in [3.63, 3.8) is 0 Å². The molecule has 1 aliphatic rings.